The van der Waals surface area contributed by atoms with E-state index in [1.165, 1.54) is 0 Å². The molecule has 5 aliphatic rings. The number of rotatable bonds is 2. The molecule has 3 heterocycles. The van der Waals surface area contributed by atoms with Gasteiger partial charge in [0.2, 0.25) is 0 Å². The highest BCUT2D eigenvalue weighted by atomic mass is 19.4. The molecule has 2 spiro atoms. The van der Waals surface area contributed by atoms with Gasteiger partial charge in [0, 0.05) is 22.9 Å². The third kappa shape index (κ3) is 3.23. The molecule has 7 atom stereocenters. The smallest absolute Gasteiger partial charge is 0.413 e. The number of aliphatic hydroxyl groups excluding tert-OH is 2. The van der Waals surface area contributed by atoms with Gasteiger partial charge in [-0.25, -0.2) is 0 Å². The fraction of sp³-hybridized carbons (Fsp3) is 0.552. The van der Waals surface area contributed by atoms with E-state index in [4.69, 9.17) is 14.9 Å². The first kappa shape index (κ1) is 25.3. The Morgan fingerprint density at radius 3 is 2.67 bits per heavy atom. The normalized spacial score (nSPS) is 39.5. The lowest BCUT2D eigenvalue weighted by molar-refractivity contribution is -0.170. The summed E-state index contributed by atoms with van der Waals surface area (Å²) in [6.45, 7) is 1.92. The van der Waals surface area contributed by atoms with Crippen LogP contribution in [0.25, 0.3) is 16.7 Å². The van der Waals surface area contributed by atoms with Crippen LogP contribution in [0, 0.1) is 11.3 Å². The number of nitrogens with two attached hydrogens (primary N) is 1. The molecule has 3 aliphatic carbocycles. The molecule has 0 radical (unpaired) electrons. The largest absolute Gasteiger partial charge is 0.424 e. The Labute approximate surface area is 223 Å². The van der Waals surface area contributed by atoms with Gasteiger partial charge in [0.25, 0.3) is 6.01 Å². The highest BCUT2D eigenvalue weighted by molar-refractivity contribution is 5.83. The van der Waals surface area contributed by atoms with Crippen LogP contribution in [0.4, 0.5) is 19.2 Å². The number of likely N-dealkylation sites (N-methyl/N-ethyl adjacent to an activating group) is 1. The van der Waals surface area contributed by atoms with Crippen LogP contribution in [-0.2, 0) is 4.74 Å². The van der Waals surface area contributed by atoms with E-state index in [0.29, 0.717) is 42.4 Å². The van der Waals surface area contributed by atoms with E-state index in [1.807, 2.05) is 38.1 Å². The van der Waals surface area contributed by atoms with Crippen molar-refractivity contribution in [2.45, 2.75) is 74.7 Å². The van der Waals surface area contributed by atoms with Crippen LogP contribution in [0.1, 0.15) is 44.6 Å². The molecule has 1 saturated carbocycles. The van der Waals surface area contributed by atoms with Crippen LogP contribution in [0.5, 0.6) is 0 Å². The number of hydrogen-bond donors (Lipinski definition) is 3. The van der Waals surface area contributed by atoms with Gasteiger partial charge in [-0.05, 0) is 80.6 Å². The molecule has 208 valence electrons. The molecule has 2 fully saturated rings. The lowest BCUT2D eigenvalue weighted by Gasteiger charge is -2.57. The quantitative estimate of drug-likeness (QED) is 0.517. The summed E-state index contributed by atoms with van der Waals surface area (Å²) in [7, 11) is 3.66. The Balaban J connectivity index is 1.39. The third-order valence-corrected chi connectivity index (χ3v) is 10.2. The number of benzene rings is 1. The molecule has 1 aromatic carbocycles. The maximum absolute atomic E-state index is 14.8. The first-order chi connectivity index (χ1) is 18.3. The summed E-state index contributed by atoms with van der Waals surface area (Å²) in [6.07, 6.45) is -1.72. The fourth-order valence-corrected chi connectivity index (χ4v) is 8.49. The van der Waals surface area contributed by atoms with E-state index in [1.54, 1.807) is 18.2 Å². The SMILES string of the molecule is CN(C)C1CC23CCC4(O2)C(=C(C(F)(F)F)CC2(C)C(c5ccc6nc(N)oc6c5)=CCC24)C=C3C(O)C1O. The predicted molar refractivity (Wildman–Crippen MR) is 138 cm³/mol. The van der Waals surface area contributed by atoms with E-state index >= 15 is 0 Å². The summed E-state index contributed by atoms with van der Waals surface area (Å²) in [5.74, 6) is -0.226. The van der Waals surface area contributed by atoms with Crippen LogP contribution in [0.15, 0.2) is 51.5 Å². The molecule has 39 heavy (non-hydrogen) atoms. The fourth-order valence-electron chi connectivity index (χ4n) is 8.49. The average molecular weight is 544 g/mol. The van der Waals surface area contributed by atoms with E-state index in [0.717, 1.165) is 11.1 Å². The molecule has 4 N–H and O–H groups in total. The zero-order chi connectivity index (χ0) is 27.7. The van der Waals surface area contributed by atoms with Crippen molar-refractivity contribution >= 4 is 22.7 Å². The standard InChI is InChI=1S/C29H32F3N3O4/c1-26-12-18(29(30,31)32)16-11-17-23(36)24(37)20(35(2)3)13-27(17)8-9-28(16,39-27)22(26)7-5-15(26)14-4-6-19-21(10-14)38-25(33)34-19/h4-6,10-11,20,22-24,36-37H,7-9,12-13H2,1-3H3,(H2,33,34). The van der Waals surface area contributed by atoms with Crippen molar-refractivity contribution in [1.82, 2.24) is 9.88 Å². The molecular weight excluding hydrogens is 511 g/mol. The van der Waals surface area contributed by atoms with Gasteiger partial charge in [-0.1, -0.05) is 25.1 Å². The van der Waals surface area contributed by atoms with Gasteiger partial charge in [0.05, 0.1) is 17.3 Å². The van der Waals surface area contributed by atoms with Crippen LogP contribution in [0.2, 0.25) is 0 Å². The number of nitrogens with zero attached hydrogens (tertiary/aromatic N) is 2. The van der Waals surface area contributed by atoms with Gasteiger partial charge in [-0.15, -0.1) is 0 Å². The summed E-state index contributed by atoms with van der Waals surface area (Å²) in [5.41, 5.74) is 5.42. The Bertz CT molecular complexity index is 1490. The zero-order valence-electron chi connectivity index (χ0n) is 22.0. The molecule has 10 heteroatoms. The summed E-state index contributed by atoms with van der Waals surface area (Å²) in [5, 5.41) is 22.0. The molecular formula is C29H32F3N3O4. The molecule has 1 saturated heterocycles. The number of fused-ring (bicyclic) bond motifs is 2. The van der Waals surface area contributed by atoms with Gasteiger partial charge in [-0.3, -0.25) is 0 Å². The van der Waals surface area contributed by atoms with Gasteiger partial charge in [0.1, 0.15) is 11.6 Å². The van der Waals surface area contributed by atoms with Crippen LogP contribution < -0.4 is 5.73 Å². The summed E-state index contributed by atoms with van der Waals surface area (Å²) < 4.78 is 57.0. The van der Waals surface area contributed by atoms with E-state index in [-0.39, 0.29) is 30.0 Å². The van der Waals surface area contributed by atoms with Crippen molar-refractivity contribution in [3.8, 4) is 0 Å². The van der Waals surface area contributed by atoms with Gasteiger partial charge < -0.3 is 30.0 Å². The first-order valence-electron chi connectivity index (χ1n) is 13.4. The van der Waals surface area contributed by atoms with Crippen molar-refractivity contribution < 1.29 is 32.5 Å². The van der Waals surface area contributed by atoms with E-state index in [9.17, 15) is 23.4 Å². The Kier molecular flexibility index (Phi) is 5.03. The number of aromatic nitrogens is 1. The Hall–Kier alpha value is -2.66. The molecule has 7 nitrogen and oxygen atoms in total. The molecule has 2 aromatic rings. The molecule has 7 rings (SSSR count). The van der Waals surface area contributed by atoms with E-state index in [2.05, 4.69) is 4.98 Å². The summed E-state index contributed by atoms with van der Waals surface area (Å²) >= 11 is 0. The Morgan fingerprint density at radius 1 is 1.18 bits per heavy atom. The van der Waals surface area contributed by atoms with Crippen LogP contribution in [-0.4, -0.2) is 69.8 Å². The minimum absolute atomic E-state index is 0.0420. The number of anilines is 1. The first-order valence-corrected chi connectivity index (χ1v) is 13.4. The molecule has 2 aliphatic heterocycles. The van der Waals surface area contributed by atoms with Crippen molar-refractivity contribution in [2.75, 3.05) is 19.8 Å². The zero-order valence-corrected chi connectivity index (χ0v) is 22.0. The number of oxazole rings is 1. The van der Waals surface area contributed by atoms with Crippen molar-refractivity contribution in [3.63, 3.8) is 0 Å². The second-order valence-electron chi connectivity index (χ2n) is 12.4. The minimum atomic E-state index is -4.58. The number of nitrogen functional groups attached to an aromatic ring is 1. The number of halogens is 3. The van der Waals surface area contributed by atoms with E-state index < -0.39 is 40.6 Å². The molecule has 2 bridgehead atoms. The highest BCUT2D eigenvalue weighted by Gasteiger charge is 2.69. The molecule has 7 unspecified atom stereocenters. The van der Waals surface area contributed by atoms with Gasteiger partial charge in [-0.2, -0.15) is 18.2 Å². The average Bonchev–Trinajstić information content (AvgIpc) is 3.50. The summed E-state index contributed by atoms with van der Waals surface area (Å²) in [6, 6.07) is 5.11. The number of aliphatic hydroxyl groups is 2. The van der Waals surface area contributed by atoms with Crippen LogP contribution in [0.3, 0.4) is 0 Å². The third-order valence-electron chi connectivity index (χ3n) is 10.2. The lowest BCUT2D eigenvalue weighted by Crippen LogP contribution is -2.62. The maximum Gasteiger partial charge on any atom is 0.413 e. The summed E-state index contributed by atoms with van der Waals surface area (Å²) in [4.78, 5) is 6.00. The Morgan fingerprint density at radius 2 is 1.95 bits per heavy atom. The highest BCUT2D eigenvalue weighted by Crippen LogP contribution is 2.70. The van der Waals surface area contributed by atoms with Crippen molar-refractivity contribution in [3.05, 3.63) is 52.6 Å². The van der Waals surface area contributed by atoms with Crippen molar-refractivity contribution in [2.24, 2.45) is 11.3 Å². The number of allylic oxidation sites excluding steroid dienone is 3. The van der Waals surface area contributed by atoms with Gasteiger partial charge >= 0.3 is 6.18 Å². The second kappa shape index (κ2) is 7.75. The molecule has 0 amide bonds. The number of hydrogen-bond acceptors (Lipinski definition) is 7. The lowest BCUT2D eigenvalue weighted by atomic mass is 9.56. The minimum Gasteiger partial charge on any atom is -0.424 e. The van der Waals surface area contributed by atoms with Crippen molar-refractivity contribution in [1.29, 1.82) is 0 Å². The molecule has 1 aromatic heterocycles. The van der Waals surface area contributed by atoms with Gasteiger partial charge in [0.15, 0.2) is 5.58 Å². The number of alkyl halides is 3. The monoisotopic (exact) mass is 543 g/mol. The van der Waals surface area contributed by atoms with Crippen LogP contribution >= 0.6 is 0 Å². The second-order valence-corrected chi connectivity index (χ2v) is 12.4. The number of ether oxygens (including phenoxy) is 1. The predicted octanol–water partition coefficient (Wildman–Crippen LogP) is 4.37. The topological polar surface area (TPSA) is 105 Å². The maximum atomic E-state index is 14.8.